The number of aromatic nitrogens is 3. The lowest BCUT2D eigenvalue weighted by molar-refractivity contribution is -0.384. The number of benzene rings is 1. The molecule has 27 heavy (non-hydrogen) atoms. The molecule has 1 aromatic carbocycles. The highest BCUT2D eigenvalue weighted by molar-refractivity contribution is 9.10. The third kappa shape index (κ3) is 3.45. The van der Waals surface area contributed by atoms with Gasteiger partial charge in [0, 0.05) is 43.7 Å². The number of fused-ring (bicyclic) bond motifs is 1. The van der Waals surface area contributed by atoms with E-state index in [9.17, 15) is 14.9 Å². The van der Waals surface area contributed by atoms with Gasteiger partial charge in [-0.15, -0.1) is 0 Å². The van der Waals surface area contributed by atoms with Crippen molar-refractivity contribution in [2.24, 2.45) is 0 Å². The van der Waals surface area contributed by atoms with Gasteiger partial charge in [0.25, 0.3) is 11.6 Å². The smallest absolute Gasteiger partial charge is 0.274 e. The molecule has 0 spiro atoms. The fraction of sp³-hybridized carbons (Fsp3) is 0.167. The fourth-order valence-electron chi connectivity index (χ4n) is 3.06. The number of hydrogen-bond donors (Lipinski definition) is 0. The molecule has 4 rings (SSSR count). The summed E-state index contributed by atoms with van der Waals surface area (Å²) in [5, 5.41) is 15.2. The van der Waals surface area contributed by atoms with Crippen molar-refractivity contribution in [3.05, 3.63) is 74.6 Å². The third-order valence-electron chi connectivity index (χ3n) is 4.43. The predicted molar refractivity (Wildman–Crippen MR) is 102 cm³/mol. The van der Waals surface area contributed by atoms with Crippen molar-refractivity contribution in [1.82, 2.24) is 19.5 Å². The Balaban J connectivity index is 1.53. The van der Waals surface area contributed by atoms with Crippen LogP contribution in [0.2, 0.25) is 0 Å². The molecule has 0 fully saturated rings. The number of amides is 1. The van der Waals surface area contributed by atoms with Crippen LogP contribution in [0.5, 0.6) is 0 Å². The molecule has 3 heterocycles. The van der Waals surface area contributed by atoms with E-state index in [-0.39, 0.29) is 11.6 Å². The third-order valence-corrected chi connectivity index (χ3v) is 4.83. The predicted octanol–water partition coefficient (Wildman–Crippen LogP) is 3.33. The van der Waals surface area contributed by atoms with Gasteiger partial charge in [0.05, 0.1) is 9.40 Å². The van der Waals surface area contributed by atoms with Crippen LogP contribution in [0.15, 0.2) is 53.3 Å². The molecule has 1 amide bonds. The van der Waals surface area contributed by atoms with Crippen LogP contribution < -0.4 is 0 Å². The summed E-state index contributed by atoms with van der Waals surface area (Å²) >= 11 is 3.33. The number of hydrogen-bond acceptors (Lipinski definition) is 5. The van der Waals surface area contributed by atoms with Gasteiger partial charge in [-0.2, -0.15) is 5.10 Å². The summed E-state index contributed by atoms with van der Waals surface area (Å²) in [6.45, 7) is 0.959. The lowest BCUT2D eigenvalue weighted by atomic mass is 9.99. The highest BCUT2D eigenvalue weighted by Crippen LogP contribution is 2.26. The Morgan fingerprint density at radius 1 is 1.30 bits per heavy atom. The van der Waals surface area contributed by atoms with Gasteiger partial charge in [-0.25, -0.2) is 9.50 Å². The average molecular weight is 428 g/mol. The summed E-state index contributed by atoms with van der Waals surface area (Å²) in [7, 11) is 0. The monoisotopic (exact) mass is 427 g/mol. The summed E-state index contributed by atoms with van der Waals surface area (Å²) in [5.74, 6) is -0.161. The summed E-state index contributed by atoms with van der Waals surface area (Å²) in [5.41, 5.74) is 2.83. The zero-order valence-electron chi connectivity index (χ0n) is 14.1. The van der Waals surface area contributed by atoms with Gasteiger partial charge in [0.1, 0.15) is 0 Å². The highest BCUT2D eigenvalue weighted by atomic mass is 79.9. The number of carbonyl (C=O) groups excluding carboxylic acids is 1. The molecule has 9 heteroatoms. The maximum atomic E-state index is 12.7. The maximum absolute atomic E-state index is 12.7. The topological polar surface area (TPSA) is 93.6 Å². The van der Waals surface area contributed by atoms with E-state index in [1.807, 2.05) is 12.1 Å². The van der Waals surface area contributed by atoms with Crippen molar-refractivity contribution in [1.29, 1.82) is 0 Å². The molecule has 1 aliphatic heterocycles. The minimum atomic E-state index is -0.404. The van der Waals surface area contributed by atoms with Gasteiger partial charge >= 0.3 is 0 Å². The van der Waals surface area contributed by atoms with E-state index in [1.54, 1.807) is 40.0 Å². The van der Waals surface area contributed by atoms with E-state index >= 15 is 0 Å². The lowest BCUT2D eigenvalue weighted by Gasteiger charge is -2.26. The maximum Gasteiger partial charge on any atom is 0.274 e. The molecule has 8 nitrogen and oxygen atoms in total. The first kappa shape index (κ1) is 17.3. The molecule has 0 unspecified atom stereocenters. The van der Waals surface area contributed by atoms with Crippen molar-refractivity contribution in [3.8, 4) is 0 Å². The molecule has 0 atom stereocenters. The number of nitro benzene ring substituents is 1. The highest BCUT2D eigenvalue weighted by Gasteiger charge is 2.22. The molecule has 0 bridgehead atoms. The average Bonchev–Trinajstić information content (AvgIpc) is 3.10. The van der Waals surface area contributed by atoms with E-state index in [4.69, 9.17) is 0 Å². The summed E-state index contributed by atoms with van der Waals surface area (Å²) in [4.78, 5) is 29.2. The number of non-ortho nitro benzene ring substituents is 1. The molecular weight excluding hydrogens is 414 g/mol. The van der Waals surface area contributed by atoms with Crippen molar-refractivity contribution < 1.29 is 9.72 Å². The minimum absolute atomic E-state index is 0.0651. The summed E-state index contributed by atoms with van der Waals surface area (Å²) < 4.78 is 2.34. The molecule has 3 aromatic rings. The van der Waals surface area contributed by atoms with Gasteiger partial charge in [-0.05, 0) is 33.5 Å². The number of nitro groups is 1. The molecule has 0 aliphatic carbocycles. The first-order chi connectivity index (χ1) is 13.0. The lowest BCUT2D eigenvalue weighted by Crippen LogP contribution is -2.34. The zero-order chi connectivity index (χ0) is 19.0. The second kappa shape index (κ2) is 6.92. The second-order valence-electron chi connectivity index (χ2n) is 6.14. The van der Waals surface area contributed by atoms with Crippen LogP contribution in [0.25, 0.3) is 11.2 Å². The van der Waals surface area contributed by atoms with Gasteiger partial charge in [-0.3, -0.25) is 14.9 Å². The Kier molecular flexibility index (Phi) is 4.44. The molecule has 1 aliphatic rings. The van der Waals surface area contributed by atoms with Crippen molar-refractivity contribution in [3.63, 3.8) is 0 Å². The van der Waals surface area contributed by atoms with E-state index in [0.717, 1.165) is 15.6 Å². The SMILES string of the molecule is O=C(c1cc2ncc(Br)cn2n1)N1CC=C(c2cccc([N+](=O)[O-])c2)CC1. The number of nitrogens with zero attached hydrogens (tertiary/aromatic N) is 5. The van der Waals surface area contributed by atoms with Crippen LogP contribution in [0.3, 0.4) is 0 Å². The van der Waals surface area contributed by atoms with Gasteiger partial charge in [0.2, 0.25) is 0 Å². The number of rotatable bonds is 3. The normalized spacial score (nSPS) is 14.3. The first-order valence-electron chi connectivity index (χ1n) is 8.25. The van der Waals surface area contributed by atoms with Gasteiger partial charge in [-0.1, -0.05) is 18.2 Å². The van der Waals surface area contributed by atoms with Crippen LogP contribution in [-0.2, 0) is 0 Å². The van der Waals surface area contributed by atoms with Gasteiger partial charge in [0.15, 0.2) is 11.3 Å². The summed E-state index contributed by atoms with van der Waals surface area (Å²) in [6.07, 6.45) is 5.96. The van der Waals surface area contributed by atoms with Crippen molar-refractivity contribution in [2.45, 2.75) is 6.42 Å². The Hall–Kier alpha value is -3.07. The minimum Gasteiger partial charge on any atom is -0.333 e. The molecule has 0 saturated heterocycles. The fourth-order valence-corrected chi connectivity index (χ4v) is 3.35. The number of halogens is 1. The summed E-state index contributed by atoms with van der Waals surface area (Å²) in [6, 6.07) is 8.22. The number of carbonyl (C=O) groups is 1. The van der Waals surface area contributed by atoms with E-state index < -0.39 is 4.92 Å². The van der Waals surface area contributed by atoms with Crippen LogP contribution in [0.4, 0.5) is 5.69 Å². The van der Waals surface area contributed by atoms with Crippen LogP contribution in [0, 0.1) is 10.1 Å². The molecule has 0 radical (unpaired) electrons. The van der Waals surface area contributed by atoms with Gasteiger partial charge < -0.3 is 4.90 Å². The van der Waals surface area contributed by atoms with Crippen molar-refractivity contribution >= 4 is 38.7 Å². The van der Waals surface area contributed by atoms with Crippen LogP contribution in [0.1, 0.15) is 22.5 Å². The Morgan fingerprint density at radius 3 is 2.89 bits per heavy atom. The molecule has 0 N–H and O–H groups in total. The van der Waals surface area contributed by atoms with Crippen LogP contribution in [-0.4, -0.2) is 43.4 Å². The first-order valence-corrected chi connectivity index (χ1v) is 9.04. The van der Waals surface area contributed by atoms with E-state index in [0.29, 0.717) is 30.9 Å². The standard InChI is InChI=1S/C18H14BrN5O3/c19-14-10-20-17-9-16(21-23(17)11-14)18(25)22-6-4-12(5-7-22)13-2-1-3-15(8-13)24(26)27/h1-4,8-11H,5-7H2. The second-order valence-corrected chi connectivity index (χ2v) is 7.06. The Morgan fingerprint density at radius 2 is 2.15 bits per heavy atom. The Bertz CT molecular complexity index is 1090. The van der Waals surface area contributed by atoms with Crippen LogP contribution >= 0.6 is 15.9 Å². The molecule has 2 aromatic heterocycles. The Labute approximate surface area is 162 Å². The zero-order valence-corrected chi connectivity index (χ0v) is 15.7. The largest absolute Gasteiger partial charge is 0.333 e. The molecule has 136 valence electrons. The molecule has 0 saturated carbocycles. The van der Waals surface area contributed by atoms with E-state index in [2.05, 4.69) is 26.0 Å². The quantitative estimate of drug-likeness (QED) is 0.471. The molecular formula is C18H14BrN5O3. The van der Waals surface area contributed by atoms with Crippen molar-refractivity contribution in [2.75, 3.05) is 13.1 Å². The van der Waals surface area contributed by atoms with E-state index in [1.165, 1.54) is 6.07 Å².